The molecule has 0 fully saturated rings. The van der Waals surface area contributed by atoms with Gasteiger partial charge in [0, 0.05) is 11.9 Å². The van der Waals surface area contributed by atoms with Crippen molar-refractivity contribution in [1.29, 1.82) is 0 Å². The summed E-state index contributed by atoms with van der Waals surface area (Å²) in [6.45, 7) is 9.40. The molecule has 0 spiro atoms. The lowest BCUT2D eigenvalue weighted by Gasteiger charge is -2.15. The lowest BCUT2D eigenvalue weighted by Crippen LogP contribution is -2.08. The van der Waals surface area contributed by atoms with E-state index >= 15 is 0 Å². The molecule has 5 rings (SSSR count). The lowest BCUT2D eigenvalue weighted by atomic mass is 10.1. The van der Waals surface area contributed by atoms with Crippen LogP contribution in [0, 0.1) is 6.92 Å². The van der Waals surface area contributed by atoms with Gasteiger partial charge in [-0.25, -0.2) is 19.5 Å². The maximum atomic E-state index is 5.78. The van der Waals surface area contributed by atoms with Gasteiger partial charge in [0.15, 0.2) is 0 Å². The van der Waals surface area contributed by atoms with Crippen LogP contribution in [0.5, 0.6) is 5.88 Å². The van der Waals surface area contributed by atoms with Crippen molar-refractivity contribution in [3.05, 3.63) is 72.3 Å². The Labute approximate surface area is 192 Å². The number of pyridine rings is 2. The molecule has 0 aromatic carbocycles. The molecular formula is C25H27N7O. The Hall–Kier alpha value is -3.94. The van der Waals surface area contributed by atoms with Gasteiger partial charge < -0.3 is 14.5 Å². The van der Waals surface area contributed by atoms with Crippen molar-refractivity contribution < 1.29 is 4.74 Å². The number of nitrogens with zero attached hydrogens (tertiary/aromatic N) is 6. The predicted octanol–water partition coefficient (Wildman–Crippen LogP) is 4.88. The summed E-state index contributed by atoms with van der Waals surface area (Å²) < 4.78 is 9.79. The van der Waals surface area contributed by atoms with Crippen molar-refractivity contribution in [2.24, 2.45) is 0 Å². The standard InChI is InChI=1S/C25H27N7O/c1-5-33-25-20(10-7-11-27-25)21-12-22(24-23(16(2)3)29-17(4)32(24)30-21)28-14-19-9-6-8-18-13-26-15-31(18)19/h6-13,15-16,28H,5,14H2,1-4H3. The Morgan fingerprint density at radius 2 is 2.03 bits per heavy atom. The fourth-order valence-electron chi connectivity index (χ4n) is 4.10. The Bertz CT molecular complexity index is 1430. The second-order valence-corrected chi connectivity index (χ2v) is 8.25. The summed E-state index contributed by atoms with van der Waals surface area (Å²) in [6.07, 6.45) is 5.44. The summed E-state index contributed by atoms with van der Waals surface area (Å²) >= 11 is 0. The van der Waals surface area contributed by atoms with Gasteiger partial charge in [-0.15, -0.1) is 0 Å². The highest BCUT2D eigenvalue weighted by Gasteiger charge is 2.20. The third kappa shape index (κ3) is 3.77. The molecule has 1 N–H and O–H groups in total. The van der Waals surface area contributed by atoms with Crippen LogP contribution in [0.25, 0.3) is 22.3 Å². The maximum Gasteiger partial charge on any atom is 0.222 e. The first kappa shape index (κ1) is 20.9. The van der Waals surface area contributed by atoms with Gasteiger partial charge in [0.05, 0.1) is 53.8 Å². The summed E-state index contributed by atoms with van der Waals surface area (Å²) in [5.41, 5.74) is 6.78. The minimum Gasteiger partial charge on any atom is -0.477 e. The first-order chi connectivity index (χ1) is 16.1. The zero-order valence-corrected chi connectivity index (χ0v) is 19.3. The second-order valence-electron chi connectivity index (χ2n) is 8.25. The summed E-state index contributed by atoms with van der Waals surface area (Å²) in [5, 5.41) is 8.57. The van der Waals surface area contributed by atoms with Crippen LogP contribution in [-0.4, -0.2) is 35.6 Å². The molecule has 0 radical (unpaired) electrons. The van der Waals surface area contributed by atoms with E-state index in [1.54, 1.807) is 6.20 Å². The van der Waals surface area contributed by atoms with Gasteiger partial charge >= 0.3 is 0 Å². The fourth-order valence-corrected chi connectivity index (χ4v) is 4.10. The molecular weight excluding hydrogens is 414 g/mol. The lowest BCUT2D eigenvalue weighted by molar-refractivity contribution is 0.328. The van der Waals surface area contributed by atoms with Gasteiger partial charge in [-0.1, -0.05) is 19.9 Å². The van der Waals surface area contributed by atoms with Crippen molar-refractivity contribution in [3.63, 3.8) is 0 Å². The van der Waals surface area contributed by atoms with E-state index < -0.39 is 0 Å². The van der Waals surface area contributed by atoms with Gasteiger partial charge in [0.2, 0.25) is 5.88 Å². The quantitative estimate of drug-likeness (QED) is 0.388. The Balaban J connectivity index is 1.65. The first-order valence-corrected chi connectivity index (χ1v) is 11.2. The zero-order valence-electron chi connectivity index (χ0n) is 19.3. The van der Waals surface area contributed by atoms with Crippen LogP contribution in [0.3, 0.4) is 0 Å². The molecule has 33 heavy (non-hydrogen) atoms. The van der Waals surface area contributed by atoms with E-state index in [1.807, 2.05) is 55.2 Å². The first-order valence-electron chi connectivity index (χ1n) is 11.2. The molecule has 5 heterocycles. The van der Waals surface area contributed by atoms with Crippen LogP contribution in [0.2, 0.25) is 0 Å². The van der Waals surface area contributed by atoms with E-state index in [-0.39, 0.29) is 5.92 Å². The summed E-state index contributed by atoms with van der Waals surface area (Å²) in [5.74, 6) is 1.68. The Morgan fingerprint density at radius 1 is 1.15 bits per heavy atom. The van der Waals surface area contributed by atoms with E-state index in [0.29, 0.717) is 19.0 Å². The molecule has 8 heteroatoms. The van der Waals surface area contributed by atoms with E-state index in [0.717, 1.165) is 45.2 Å². The highest BCUT2D eigenvalue weighted by Crippen LogP contribution is 2.33. The van der Waals surface area contributed by atoms with Crippen molar-refractivity contribution in [2.75, 3.05) is 11.9 Å². The summed E-state index contributed by atoms with van der Waals surface area (Å²) in [7, 11) is 0. The number of fused-ring (bicyclic) bond motifs is 2. The van der Waals surface area contributed by atoms with Crippen molar-refractivity contribution in [1.82, 2.24) is 29.0 Å². The largest absolute Gasteiger partial charge is 0.477 e. The molecule has 0 aliphatic rings. The Morgan fingerprint density at radius 3 is 2.85 bits per heavy atom. The van der Waals surface area contributed by atoms with Gasteiger partial charge in [0.1, 0.15) is 11.3 Å². The minimum atomic E-state index is 0.261. The number of aromatic nitrogens is 6. The third-order valence-electron chi connectivity index (χ3n) is 5.65. The van der Waals surface area contributed by atoms with E-state index in [1.165, 1.54) is 0 Å². The van der Waals surface area contributed by atoms with Crippen LogP contribution in [-0.2, 0) is 6.54 Å². The SMILES string of the molecule is CCOc1ncccc1-c1cc(NCc2cccc3cncn23)c2c(C(C)C)nc(C)n2n1. The predicted molar refractivity (Wildman–Crippen MR) is 129 cm³/mol. The molecule has 0 saturated heterocycles. The van der Waals surface area contributed by atoms with Crippen molar-refractivity contribution in [3.8, 4) is 17.1 Å². The molecule has 5 aromatic heterocycles. The molecule has 0 saturated carbocycles. The summed E-state index contributed by atoms with van der Waals surface area (Å²) in [4.78, 5) is 13.5. The van der Waals surface area contributed by atoms with Crippen LogP contribution in [0.15, 0.2) is 55.1 Å². The van der Waals surface area contributed by atoms with E-state index in [2.05, 4.69) is 45.7 Å². The normalized spacial score (nSPS) is 11.5. The van der Waals surface area contributed by atoms with Crippen molar-refractivity contribution >= 4 is 16.7 Å². The van der Waals surface area contributed by atoms with Gasteiger partial charge in [-0.3, -0.25) is 0 Å². The number of hydrogen-bond acceptors (Lipinski definition) is 6. The van der Waals surface area contributed by atoms with Gasteiger partial charge in [0.25, 0.3) is 0 Å². The molecule has 0 unspecified atom stereocenters. The Kier molecular flexibility index (Phi) is 5.42. The second kappa shape index (κ2) is 8.54. The van der Waals surface area contributed by atoms with Crippen LogP contribution < -0.4 is 10.1 Å². The highest BCUT2D eigenvalue weighted by atomic mass is 16.5. The van der Waals surface area contributed by atoms with E-state index in [9.17, 15) is 0 Å². The summed E-state index contributed by atoms with van der Waals surface area (Å²) in [6, 6.07) is 12.1. The number of ether oxygens (including phenoxy) is 1. The van der Waals surface area contributed by atoms with Crippen LogP contribution in [0.1, 0.15) is 43.9 Å². The smallest absolute Gasteiger partial charge is 0.222 e. The molecule has 0 bridgehead atoms. The molecule has 0 amide bonds. The molecule has 8 nitrogen and oxygen atoms in total. The number of aryl methyl sites for hydroxylation is 1. The fraction of sp³-hybridized carbons (Fsp3) is 0.280. The molecule has 168 valence electrons. The zero-order chi connectivity index (χ0) is 22.9. The molecule has 5 aromatic rings. The van der Waals surface area contributed by atoms with Crippen molar-refractivity contribution in [2.45, 2.75) is 40.2 Å². The number of hydrogen-bond donors (Lipinski definition) is 1. The number of anilines is 1. The van der Waals surface area contributed by atoms with Gasteiger partial charge in [-0.2, -0.15) is 5.10 Å². The van der Waals surface area contributed by atoms with Crippen LogP contribution >= 0.6 is 0 Å². The minimum absolute atomic E-state index is 0.261. The highest BCUT2D eigenvalue weighted by molar-refractivity contribution is 5.80. The number of rotatable bonds is 7. The average molecular weight is 442 g/mol. The van der Waals surface area contributed by atoms with Gasteiger partial charge in [-0.05, 0) is 50.1 Å². The molecule has 0 aliphatic heterocycles. The number of imidazole rings is 2. The number of nitrogens with one attached hydrogen (secondary N) is 1. The third-order valence-corrected chi connectivity index (χ3v) is 5.65. The van der Waals surface area contributed by atoms with Crippen LogP contribution in [0.4, 0.5) is 5.69 Å². The van der Waals surface area contributed by atoms with E-state index in [4.69, 9.17) is 14.8 Å². The average Bonchev–Trinajstić information content (AvgIpc) is 3.43. The topological polar surface area (TPSA) is 81.6 Å². The maximum absolute atomic E-state index is 5.78. The monoisotopic (exact) mass is 441 g/mol. The molecule has 0 aliphatic carbocycles. The molecule has 0 atom stereocenters.